The van der Waals surface area contributed by atoms with Crippen molar-refractivity contribution in [2.45, 2.75) is 20.3 Å². The van der Waals surface area contributed by atoms with Gasteiger partial charge in [-0.1, -0.05) is 29.8 Å². The lowest BCUT2D eigenvalue weighted by atomic mass is 10.1. The van der Waals surface area contributed by atoms with E-state index in [4.69, 9.17) is 11.6 Å². The third kappa shape index (κ3) is 3.02. The van der Waals surface area contributed by atoms with Crippen LogP contribution < -0.4 is 9.80 Å². The first-order valence-corrected chi connectivity index (χ1v) is 8.32. The van der Waals surface area contributed by atoms with Crippen molar-refractivity contribution in [3.05, 3.63) is 58.6 Å². The summed E-state index contributed by atoms with van der Waals surface area (Å²) in [6, 6.07) is 12.9. The Morgan fingerprint density at radius 2 is 1.62 bits per heavy atom. The average Bonchev–Trinajstić information content (AvgIpc) is 2.76. The predicted molar refractivity (Wildman–Crippen MR) is 97.0 cm³/mol. The predicted octanol–water partition coefficient (Wildman–Crippen LogP) is 4.05. The summed E-state index contributed by atoms with van der Waals surface area (Å²) in [5, 5.41) is 0.578. The number of hydrogen-bond donors (Lipinski definition) is 0. The molecule has 1 aliphatic heterocycles. The van der Waals surface area contributed by atoms with Crippen LogP contribution in [-0.2, 0) is 4.79 Å². The lowest BCUT2D eigenvalue weighted by Crippen LogP contribution is -2.31. The van der Waals surface area contributed by atoms with Crippen LogP contribution in [0, 0.1) is 6.92 Å². The van der Waals surface area contributed by atoms with Gasteiger partial charge in [0.25, 0.3) is 5.91 Å². The van der Waals surface area contributed by atoms with Gasteiger partial charge in [0.2, 0.25) is 5.91 Å². The first kappa shape index (κ1) is 16.5. The van der Waals surface area contributed by atoms with Crippen molar-refractivity contribution < 1.29 is 9.59 Å². The Balaban J connectivity index is 2.03. The molecular weight excluding hydrogens is 324 g/mol. The van der Waals surface area contributed by atoms with Gasteiger partial charge >= 0.3 is 0 Å². The number of carbonyl (C=O) groups is 2. The maximum absolute atomic E-state index is 13.0. The van der Waals surface area contributed by atoms with Gasteiger partial charge in [0.15, 0.2) is 0 Å². The van der Waals surface area contributed by atoms with Crippen molar-refractivity contribution in [2.24, 2.45) is 0 Å². The molecule has 0 saturated carbocycles. The number of para-hydroxylation sites is 2. The summed E-state index contributed by atoms with van der Waals surface area (Å²) < 4.78 is 0. The number of hydrogen-bond acceptors (Lipinski definition) is 2. The highest BCUT2D eigenvalue weighted by molar-refractivity contribution is 6.31. The Bertz CT molecular complexity index is 804. The molecule has 124 valence electrons. The first-order chi connectivity index (χ1) is 11.5. The number of benzene rings is 2. The van der Waals surface area contributed by atoms with E-state index >= 15 is 0 Å². The zero-order valence-corrected chi connectivity index (χ0v) is 14.5. The van der Waals surface area contributed by atoms with Crippen LogP contribution in [0.25, 0.3) is 0 Å². The molecule has 0 fully saturated rings. The molecule has 2 amide bonds. The van der Waals surface area contributed by atoms with E-state index in [1.165, 1.54) is 0 Å². The fourth-order valence-electron chi connectivity index (χ4n) is 2.97. The van der Waals surface area contributed by atoms with E-state index in [2.05, 4.69) is 0 Å². The minimum Gasteiger partial charge on any atom is -0.311 e. The molecule has 0 unspecified atom stereocenters. The molecule has 3 rings (SSSR count). The van der Waals surface area contributed by atoms with Crippen LogP contribution in [0.2, 0.25) is 5.02 Å². The number of aryl methyl sites for hydroxylation is 1. The van der Waals surface area contributed by atoms with Crippen LogP contribution in [0.15, 0.2) is 42.5 Å². The zero-order chi connectivity index (χ0) is 17.3. The molecule has 0 aliphatic carbocycles. The van der Waals surface area contributed by atoms with Crippen LogP contribution in [0.1, 0.15) is 29.3 Å². The Kier molecular flexibility index (Phi) is 4.58. The van der Waals surface area contributed by atoms with Gasteiger partial charge in [0.05, 0.1) is 11.4 Å². The van der Waals surface area contributed by atoms with Gasteiger partial charge < -0.3 is 9.80 Å². The number of carbonyl (C=O) groups excluding carboxylic acids is 2. The summed E-state index contributed by atoms with van der Waals surface area (Å²) in [6.45, 7) is 4.62. The summed E-state index contributed by atoms with van der Waals surface area (Å²) in [4.78, 5) is 28.4. The lowest BCUT2D eigenvalue weighted by molar-refractivity contribution is -0.116. The van der Waals surface area contributed by atoms with Crippen LogP contribution in [0.4, 0.5) is 11.4 Å². The molecule has 24 heavy (non-hydrogen) atoms. The molecule has 0 aromatic heterocycles. The van der Waals surface area contributed by atoms with Crippen molar-refractivity contribution in [2.75, 3.05) is 22.9 Å². The van der Waals surface area contributed by atoms with E-state index in [1.54, 1.807) is 28.9 Å². The fourth-order valence-corrected chi connectivity index (χ4v) is 3.15. The SMILES string of the molecule is CC(=O)N1CCCN(C(=O)c2ccc(C)c(Cl)c2)c2ccccc21. The summed E-state index contributed by atoms with van der Waals surface area (Å²) in [5.74, 6) is -0.120. The standard InChI is InChI=1S/C19H19ClN2O2/c1-13-8-9-15(12-16(13)20)19(24)22-11-5-10-21(14(2)23)17-6-3-4-7-18(17)22/h3-4,6-9,12H,5,10-11H2,1-2H3. The summed E-state index contributed by atoms with van der Waals surface area (Å²) in [5.41, 5.74) is 3.02. The molecule has 0 atom stereocenters. The summed E-state index contributed by atoms with van der Waals surface area (Å²) in [6.07, 6.45) is 0.722. The topological polar surface area (TPSA) is 40.6 Å². The average molecular weight is 343 g/mol. The minimum atomic E-state index is -0.102. The fraction of sp³-hybridized carbons (Fsp3) is 0.263. The Hall–Kier alpha value is -2.33. The third-order valence-corrected chi connectivity index (χ3v) is 4.68. The van der Waals surface area contributed by atoms with Gasteiger partial charge in [0, 0.05) is 30.6 Å². The van der Waals surface area contributed by atoms with E-state index < -0.39 is 0 Å². The number of anilines is 2. The second-order valence-electron chi connectivity index (χ2n) is 5.93. The number of fused-ring (bicyclic) bond motifs is 1. The maximum Gasteiger partial charge on any atom is 0.258 e. The second kappa shape index (κ2) is 6.65. The number of rotatable bonds is 1. The molecule has 0 radical (unpaired) electrons. The summed E-state index contributed by atoms with van der Waals surface area (Å²) >= 11 is 6.17. The normalized spacial score (nSPS) is 14.1. The summed E-state index contributed by atoms with van der Waals surface area (Å²) in [7, 11) is 0. The van der Waals surface area contributed by atoms with Crippen LogP contribution in [-0.4, -0.2) is 24.9 Å². The number of amides is 2. The van der Waals surface area contributed by atoms with Crippen molar-refractivity contribution in [3.8, 4) is 0 Å². The zero-order valence-electron chi connectivity index (χ0n) is 13.8. The van der Waals surface area contributed by atoms with Gasteiger partial charge in [-0.05, 0) is 43.2 Å². The Labute approximate surface area is 146 Å². The molecule has 1 aliphatic rings. The molecule has 4 nitrogen and oxygen atoms in total. The van der Waals surface area contributed by atoms with E-state index in [-0.39, 0.29) is 11.8 Å². The van der Waals surface area contributed by atoms with E-state index in [9.17, 15) is 9.59 Å². The molecule has 5 heteroatoms. The van der Waals surface area contributed by atoms with Gasteiger partial charge in [0.1, 0.15) is 0 Å². The van der Waals surface area contributed by atoms with Gasteiger partial charge in [-0.25, -0.2) is 0 Å². The van der Waals surface area contributed by atoms with Crippen molar-refractivity contribution in [1.82, 2.24) is 0 Å². The molecule has 0 N–H and O–H groups in total. The van der Waals surface area contributed by atoms with Gasteiger partial charge in [-0.2, -0.15) is 0 Å². The van der Waals surface area contributed by atoms with Gasteiger partial charge in [-0.15, -0.1) is 0 Å². The number of halogens is 1. The Morgan fingerprint density at radius 3 is 2.25 bits per heavy atom. The lowest BCUT2D eigenvalue weighted by Gasteiger charge is -2.25. The third-order valence-electron chi connectivity index (χ3n) is 4.27. The molecular formula is C19H19ClN2O2. The largest absolute Gasteiger partial charge is 0.311 e. The van der Waals surface area contributed by atoms with Crippen LogP contribution in [0.5, 0.6) is 0 Å². The van der Waals surface area contributed by atoms with E-state index in [0.29, 0.717) is 23.7 Å². The minimum absolute atomic E-state index is 0.0184. The van der Waals surface area contributed by atoms with Crippen molar-refractivity contribution in [1.29, 1.82) is 0 Å². The number of nitrogens with zero attached hydrogens (tertiary/aromatic N) is 2. The molecule has 2 aromatic carbocycles. The maximum atomic E-state index is 13.0. The molecule has 0 spiro atoms. The van der Waals surface area contributed by atoms with Crippen LogP contribution >= 0.6 is 11.6 Å². The Morgan fingerprint density at radius 1 is 1.00 bits per heavy atom. The first-order valence-electron chi connectivity index (χ1n) is 7.94. The highest BCUT2D eigenvalue weighted by atomic mass is 35.5. The smallest absolute Gasteiger partial charge is 0.258 e. The highest BCUT2D eigenvalue weighted by Gasteiger charge is 2.27. The van der Waals surface area contributed by atoms with Crippen LogP contribution in [0.3, 0.4) is 0 Å². The van der Waals surface area contributed by atoms with E-state index in [1.807, 2.05) is 37.3 Å². The second-order valence-corrected chi connectivity index (χ2v) is 6.34. The molecule has 0 bridgehead atoms. The monoisotopic (exact) mass is 342 g/mol. The van der Waals surface area contributed by atoms with E-state index in [0.717, 1.165) is 23.4 Å². The van der Waals surface area contributed by atoms with Gasteiger partial charge in [-0.3, -0.25) is 9.59 Å². The quantitative estimate of drug-likeness (QED) is 0.784. The van der Waals surface area contributed by atoms with Crippen molar-refractivity contribution >= 4 is 34.8 Å². The molecule has 0 saturated heterocycles. The molecule has 1 heterocycles. The van der Waals surface area contributed by atoms with Crippen molar-refractivity contribution in [3.63, 3.8) is 0 Å². The molecule has 2 aromatic rings. The highest BCUT2D eigenvalue weighted by Crippen LogP contribution is 2.33.